The molecule has 5 nitrogen and oxygen atoms in total. The predicted octanol–water partition coefficient (Wildman–Crippen LogP) is 2.04. The zero-order chi connectivity index (χ0) is 14.5. The molecule has 2 aromatic rings. The van der Waals surface area contributed by atoms with Gasteiger partial charge in [-0.05, 0) is 24.6 Å². The van der Waals surface area contributed by atoms with Crippen molar-refractivity contribution >= 4 is 5.97 Å². The molecule has 7 heteroatoms. The Morgan fingerprint density at radius 1 is 1.30 bits per heavy atom. The smallest absolute Gasteiger partial charge is 0.315 e. The number of nitrogens with zero attached hydrogens (tertiary/aromatic N) is 2. The zero-order valence-electron chi connectivity index (χ0n) is 10.7. The summed E-state index contributed by atoms with van der Waals surface area (Å²) in [6.07, 6.45) is -0.0145. The van der Waals surface area contributed by atoms with Crippen LogP contribution in [0.15, 0.2) is 22.7 Å². The molecule has 2 rings (SSSR count). The van der Waals surface area contributed by atoms with Crippen molar-refractivity contribution in [2.75, 3.05) is 6.61 Å². The van der Waals surface area contributed by atoms with E-state index in [0.717, 1.165) is 6.07 Å². The van der Waals surface area contributed by atoms with Crippen LogP contribution in [0.5, 0.6) is 0 Å². The summed E-state index contributed by atoms with van der Waals surface area (Å²) < 4.78 is 35.7. The highest BCUT2D eigenvalue weighted by molar-refractivity contribution is 5.71. The SMILES string of the molecule is CCOC(=O)Cc1nc(Cc2cc(F)cc(F)c2)no1. The van der Waals surface area contributed by atoms with Crippen molar-refractivity contribution in [1.82, 2.24) is 10.1 Å². The highest BCUT2D eigenvalue weighted by Crippen LogP contribution is 2.12. The molecule has 20 heavy (non-hydrogen) atoms. The third kappa shape index (κ3) is 3.84. The maximum absolute atomic E-state index is 13.0. The molecule has 1 aromatic carbocycles. The molecule has 0 fully saturated rings. The Morgan fingerprint density at radius 2 is 2.00 bits per heavy atom. The number of hydrogen-bond acceptors (Lipinski definition) is 5. The molecular weight excluding hydrogens is 270 g/mol. The van der Waals surface area contributed by atoms with Gasteiger partial charge in [-0.3, -0.25) is 4.79 Å². The van der Waals surface area contributed by atoms with Gasteiger partial charge in [0.05, 0.1) is 6.61 Å². The monoisotopic (exact) mass is 282 g/mol. The first-order chi connectivity index (χ1) is 9.56. The number of carbonyl (C=O) groups is 1. The Balaban J connectivity index is 2.03. The molecule has 106 valence electrons. The van der Waals surface area contributed by atoms with E-state index in [1.54, 1.807) is 6.92 Å². The standard InChI is InChI=1S/C13H12F2N2O3/c1-2-19-13(18)7-12-16-11(17-20-12)5-8-3-9(14)6-10(15)4-8/h3-4,6H,2,5,7H2,1H3. The van der Waals surface area contributed by atoms with Crippen LogP contribution in [-0.2, 0) is 22.4 Å². The van der Waals surface area contributed by atoms with Crippen molar-refractivity contribution in [3.63, 3.8) is 0 Å². The summed E-state index contributed by atoms with van der Waals surface area (Å²) in [7, 11) is 0. The average molecular weight is 282 g/mol. The van der Waals surface area contributed by atoms with E-state index in [2.05, 4.69) is 10.1 Å². The van der Waals surface area contributed by atoms with Crippen LogP contribution in [-0.4, -0.2) is 22.7 Å². The quantitative estimate of drug-likeness (QED) is 0.785. The van der Waals surface area contributed by atoms with Gasteiger partial charge in [-0.15, -0.1) is 0 Å². The van der Waals surface area contributed by atoms with E-state index in [-0.39, 0.29) is 31.2 Å². The number of halogens is 2. The lowest BCUT2D eigenvalue weighted by atomic mass is 10.1. The molecule has 0 spiro atoms. The van der Waals surface area contributed by atoms with E-state index in [9.17, 15) is 13.6 Å². The Bertz CT molecular complexity index is 593. The minimum Gasteiger partial charge on any atom is -0.466 e. The molecule has 0 unspecified atom stereocenters. The normalized spacial score (nSPS) is 10.6. The maximum atomic E-state index is 13.0. The molecule has 1 aromatic heterocycles. The molecule has 0 radical (unpaired) electrons. The minimum atomic E-state index is -0.671. The second-order valence-corrected chi connectivity index (χ2v) is 4.04. The van der Waals surface area contributed by atoms with Gasteiger partial charge in [-0.1, -0.05) is 5.16 Å². The van der Waals surface area contributed by atoms with Gasteiger partial charge >= 0.3 is 5.97 Å². The predicted molar refractivity (Wildman–Crippen MR) is 63.8 cm³/mol. The van der Waals surface area contributed by atoms with Crippen molar-refractivity contribution in [3.05, 3.63) is 47.1 Å². The van der Waals surface area contributed by atoms with E-state index >= 15 is 0 Å². The zero-order valence-corrected chi connectivity index (χ0v) is 10.7. The molecule has 0 bridgehead atoms. The Morgan fingerprint density at radius 3 is 2.65 bits per heavy atom. The second kappa shape index (κ2) is 6.23. The summed E-state index contributed by atoms with van der Waals surface area (Å²) in [5.41, 5.74) is 0.381. The molecule has 0 N–H and O–H groups in total. The summed E-state index contributed by atoms with van der Waals surface area (Å²) in [6, 6.07) is 3.15. The van der Waals surface area contributed by atoms with Crippen LogP contribution in [0, 0.1) is 11.6 Å². The Labute approximate surface area is 113 Å². The number of benzene rings is 1. The Kier molecular flexibility index (Phi) is 4.39. The fraction of sp³-hybridized carbons (Fsp3) is 0.308. The lowest BCUT2D eigenvalue weighted by Crippen LogP contribution is -2.07. The summed E-state index contributed by atoms with van der Waals surface area (Å²) in [5.74, 6) is -1.46. The Hall–Kier alpha value is -2.31. The van der Waals surface area contributed by atoms with Crippen molar-refractivity contribution < 1.29 is 22.8 Å². The summed E-state index contributed by atoms with van der Waals surface area (Å²) in [4.78, 5) is 15.2. The molecule has 0 aliphatic rings. The van der Waals surface area contributed by atoms with Crippen LogP contribution in [0.3, 0.4) is 0 Å². The maximum Gasteiger partial charge on any atom is 0.315 e. The van der Waals surface area contributed by atoms with Crippen LogP contribution in [0.4, 0.5) is 8.78 Å². The largest absolute Gasteiger partial charge is 0.466 e. The van der Waals surface area contributed by atoms with Gasteiger partial charge in [0, 0.05) is 12.5 Å². The van der Waals surface area contributed by atoms with Gasteiger partial charge in [0.15, 0.2) is 5.82 Å². The van der Waals surface area contributed by atoms with Gasteiger partial charge in [0.1, 0.15) is 18.1 Å². The highest BCUT2D eigenvalue weighted by Gasteiger charge is 2.13. The van der Waals surface area contributed by atoms with Crippen molar-refractivity contribution in [2.45, 2.75) is 19.8 Å². The van der Waals surface area contributed by atoms with Crippen molar-refractivity contribution in [1.29, 1.82) is 0 Å². The number of carbonyl (C=O) groups excluding carboxylic acids is 1. The second-order valence-electron chi connectivity index (χ2n) is 4.04. The minimum absolute atomic E-state index is 0.107. The lowest BCUT2D eigenvalue weighted by Gasteiger charge is -1.98. The first kappa shape index (κ1) is 14.1. The van der Waals surface area contributed by atoms with E-state index in [1.165, 1.54) is 12.1 Å². The number of rotatable bonds is 5. The number of ether oxygens (including phenoxy) is 1. The number of hydrogen-bond donors (Lipinski definition) is 0. The summed E-state index contributed by atoms with van der Waals surface area (Å²) >= 11 is 0. The average Bonchev–Trinajstić information content (AvgIpc) is 2.75. The fourth-order valence-electron chi connectivity index (χ4n) is 1.66. The number of aromatic nitrogens is 2. The van der Waals surface area contributed by atoms with Gasteiger partial charge in [-0.2, -0.15) is 4.98 Å². The van der Waals surface area contributed by atoms with Crippen LogP contribution in [0.2, 0.25) is 0 Å². The van der Waals surface area contributed by atoms with Crippen LogP contribution in [0.1, 0.15) is 24.2 Å². The third-order valence-corrected chi connectivity index (χ3v) is 2.40. The molecule has 0 aliphatic carbocycles. The number of esters is 1. The van der Waals surface area contributed by atoms with Crippen molar-refractivity contribution in [2.24, 2.45) is 0 Å². The van der Waals surface area contributed by atoms with Crippen LogP contribution in [0.25, 0.3) is 0 Å². The molecular formula is C13H12F2N2O3. The third-order valence-electron chi connectivity index (χ3n) is 2.40. The molecule has 0 aliphatic heterocycles. The van der Waals surface area contributed by atoms with Gasteiger partial charge in [0.25, 0.3) is 0 Å². The molecule has 0 atom stereocenters. The van der Waals surface area contributed by atoms with Gasteiger partial charge in [0.2, 0.25) is 5.89 Å². The summed E-state index contributed by atoms with van der Waals surface area (Å²) in [6.45, 7) is 1.96. The fourth-order valence-corrected chi connectivity index (χ4v) is 1.66. The van der Waals surface area contributed by atoms with Crippen LogP contribution >= 0.6 is 0 Å². The van der Waals surface area contributed by atoms with E-state index in [0.29, 0.717) is 5.56 Å². The van der Waals surface area contributed by atoms with E-state index in [4.69, 9.17) is 9.26 Å². The van der Waals surface area contributed by atoms with E-state index in [1.807, 2.05) is 0 Å². The first-order valence-corrected chi connectivity index (χ1v) is 5.99. The topological polar surface area (TPSA) is 65.2 Å². The lowest BCUT2D eigenvalue weighted by molar-refractivity contribution is -0.142. The first-order valence-electron chi connectivity index (χ1n) is 5.99. The van der Waals surface area contributed by atoms with Crippen LogP contribution < -0.4 is 0 Å². The molecule has 0 saturated heterocycles. The molecule has 0 amide bonds. The van der Waals surface area contributed by atoms with Gasteiger partial charge in [-0.25, -0.2) is 8.78 Å². The van der Waals surface area contributed by atoms with Crippen molar-refractivity contribution in [3.8, 4) is 0 Å². The highest BCUT2D eigenvalue weighted by atomic mass is 19.1. The van der Waals surface area contributed by atoms with Gasteiger partial charge < -0.3 is 9.26 Å². The van der Waals surface area contributed by atoms with E-state index < -0.39 is 17.6 Å². The molecule has 1 heterocycles. The molecule has 0 saturated carbocycles. The summed E-state index contributed by atoms with van der Waals surface area (Å²) in [5, 5.41) is 3.65.